The van der Waals surface area contributed by atoms with Crippen LogP contribution in [0.4, 0.5) is 0 Å². The standard InChI is InChI=1S/C19H22N2O5/c1-23-15-7-5-13(6-8-15)11-18(22)21-20-12-14-9-16(24-2)19(26-4)17(10-14)25-3/h5-10,12H,11H2,1-4H3,(H,21,22). The van der Waals surface area contributed by atoms with E-state index in [1.54, 1.807) is 19.2 Å². The Morgan fingerprint density at radius 1 is 0.962 bits per heavy atom. The van der Waals surface area contributed by atoms with E-state index in [-0.39, 0.29) is 12.3 Å². The van der Waals surface area contributed by atoms with Crippen LogP contribution in [0.25, 0.3) is 0 Å². The predicted molar refractivity (Wildman–Crippen MR) is 98.5 cm³/mol. The van der Waals surface area contributed by atoms with E-state index in [4.69, 9.17) is 18.9 Å². The van der Waals surface area contributed by atoms with Gasteiger partial charge in [0.1, 0.15) is 5.75 Å². The van der Waals surface area contributed by atoms with Crippen LogP contribution in [-0.2, 0) is 11.2 Å². The summed E-state index contributed by atoms with van der Waals surface area (Å²) in [6, 6.07) is 10.8. The van der Waals surface area contributed by atoms with Crippen molar-refractivity contribution >= 4 is 12.1 Å². The fourth-order valence-electron chi connectivity index (χ4n) is 2.32. The van der Waals surface area contributed by atoms with Crippen molar-refractivity contribution in [2.45, 2.75) is 6.42 Å². The molecule has 0 aliphatic carbocycles. The van der Waals surface area contributed by atoms with Gasteiger partial charge in [-0.3, -0.25) is 4.79 Å². The third kappa shape index (κ3) is 4.89. The Labute approximate surface area is 152 Å². The molecule has 0 heterocycles. The summed E-state index contributed by atoms with van der Waals surface area (Å²) in [4.78, 5) is 12.0. The molecular formula is C19H22N2O5. The average molecular weight is 358 g/mol. The first-order valence-electron chi connectivity index (χ1n) is 7.86. The van der Waals surface area contributed by atoms with Gasteiger partial charge < -0.3 is 18.9 Å². The summed E-state index contributed by atoms with van der Waals surface area (Å²) in [6.45, 7) is 0. The van der Waals surface area contributed by atoms with E-state index in [2.05, 4.69) is 10.5 Å². The molecule has 0 radical (unpaired) electrons. The minimum atomic E-state index is -0.223. The fourth-order valence-corrected chi connectivity index (χ4v) is 2.32. The highest BCUT2D eigenvalue weighted by molar-refractivity contribution is 5.85. The van der Waals surface area contributed by atoms with Crippen LogP contribution in [0.3, 0.4) is 0 Å². The quantitative estimate of drug-likeness (QED) is 0.579. The number of hydrogen-bond acceptors (Lipinski definition) is 6. The molecule has 7 nitrogen and oxygen atoms in total. The van der Waals surface area contributed by atoms with Crippen molar-refractivity contribution in [2.24, 2.45) is 5.10 Å². The lowest BCUT2D eigenvalue weighted by molar-refractivity contribution is -0.120. The zero-order valence-electron chi connectivity index (χ0n) is 15.2. The van der Waals surface area contributed by atoms with Crippen molar-refractivity contribution in [3.8, 4) is 23.0 Å². The number of ether oxygens (including phenoxy) is 4. The molecule has 2 aromatic rings. The molecular weight excluding hydrogens is 336 g/mol. The number of nitrogens with zero attached hydrogens (tertiary/aromatic N) is 1. The summed E-state index contributed by atoms with van der Waals surface area (Å²) < 4.78 is 20.9. The maximum atomic E-state index is 12.0. The molecule has 1 N–H and O–H groups in total. The SMILES string of the molecule is COc1ccc(CC(=O)NN=Cc2cc(OC)c(OC)c(OC)c2)cc1. The highest BCUT2D eigenvalue weighted by atomic mass is 16.5. The first kappa shape index (κ1) is 19.1. The molecule has 138 valence electrons. The Morgan fingerprint density at radius 2 is 1.58 bits per heavy atom. The summed E-state index contributed by atoms with van der Waals surface area (Å²) in [5.74, 6) is 2.04. The molecule has 0 saturated heterocycles. The van der Waals surface area contributed by atoms with E-state index in [9.17, 15) is 4.79 Å². The van der Waals surface area contributed by atoms with Crippen LogP contribution in [0.2, 0.25) is 0 Å². The van der Waals surface area contributed by atoms with E-state index in [0.717, 1.165) is 11.3 Å². The molecule has 2 aromatic carbocycles. The van der Waals surface area contributed by atoms with Crippen LogP contribution >= 0.6 is 0 Å². The lowest BCUT2D eigenvalue weighted by atomic mass is 10.1. The topological polar surface area (TPSA) is 78.4 Å². The smallest absolute Gasteiger partial charge is 0.244 e. The van der Waals surface area contributed by atoms with Gasteiger partial charge in [0.2, 0.25) is 11.7 Å². The summed E-state index contributed by atoms with van der Waals surface area (Å²) in [7, 11) is 6.21. The van der Waals surface area contributed by atoms with Crippen molar-refractivity contribution in [2.75, 3.05) is 28.4 Å². The van der Waals surface area contributed by atoms with Gasteiger partial charge >= 0.3 is 0 Å². The Kier molecular flexibility index (Phi) is 6.84. The van der Waals surface area contributed by atoms with Crippen LogP contribution in [0.5, 0.6) is 23.0 Å². The molecule has 0 bridgehead atoms. The number of rotatable bonds is 8. The molecule has 0 fully saturated rings. The molecule has 0 aromatic heterocycles. The Morgan fingerprint density at radius 3 is 2.08 bits per heavy atom. The molecule has 0 spiro atoms. The van der Waals surface area contributed by atoms with Crippen LogP contribution < -0.4 is 24.4 Å². The van der Waals surface area contributed by atoms with Crippen LogP contribution in [0.1, 0.15) is 11.1 Å². The third-order valence-electron chi connectivity index (χ3n) is 3.61. The second kappa shape index (κ2) is 9.31. The van der Waals surface area contributed by atoms with Crippen LogP contribution in [0.15, 0.2) is 41.5 Å². The Balaban J connectivity index is 2.01. The monoisotopic (exact) mass is 358 g/mol. The molecule has 0 aliphatic rings. The van der Waals surface area contributed by atoms with Crippen LogP contribution in [-0.4, -0.2) is 40.6 Å². The van der Waals surface area contributed by atoms with Crippen molar-refractivity contribution in [1.82, 2.24) is 5.43 Å². The first-order valence-corrected chi connectivity index (χ1v) is 7.86. The first-order chi connectivity index (χ1) is 12.6. The molecule has 0 unspecified atom stereocenters. The lowest BCUT2D eigenvalue weighted by Crippen LogP contribution is -2.19. The third-order valence-corrected chi connectivity index (χ3v) is 3.61. The summed E-state index contributed by atoms with van der Waals surface area (Å²) in [5.41, 5.74) is 4.06. The largest absolute Gasteiger partial charge is 0.497 e. The van der Waals surface area contributed by atoms with E-state index in [1.807, 2.05) is 24.3 Å². The predicted octanol–water partition coefficient (Wildman–Crippen LogP) is 2.41. The Hall–Kier alpha value is -3.22. The van der Waals surface area contributed by atoms with E-state index in [0.29, 0.717) is 22.8 Å². The van der Waals surface area contributed by atoms with Crippen molar-refractivity contribution in [3.63, 3.8) is 0 Å². The van der Waals surface area contributed by atoms with Crippen molar-refractivity contribution in [3.05, 3.63) is 47.5 Å². The zero-order chi connectivity index (χ0) is 18.9. The molecule has 0 atom stereocenters. The number of nitrogens with one attached hydrogen (secondary N) is 1. The van der Waals surface area contributed by atoms with Crippen molar-refractivity contribution in [1.29, 1.82) is 0 Å². The number of carbonyl (C=O) groups excluding carboxylic acids is 1. The highest BCUT2D eigenvalue weighted by Crippen LogP contribution is 2.37. The molecule has 26 heavy (non-hydrogen) atoms. The maximum absolute atomic E-state index is 12.0. The van der Waals surface area contributed by atoms with Gasteiger partial charge in [-0.15, -0.1) is 0 Å². The highest BCUT2D eigenvalue weighted by Gasteiger charge is 2.12. The number of hydrazone groups is 1. The van der Waals surface area contributed by atoms with Crippen LogP contribution in [0, 0.1) is 0 Å². The van der Waals surface area contributed by atoms with Gasteiger partial charge in [0.15, 0.2) is 11.5 Å². The van der Waals surface area contributed by atoms with E-state index >= 15 is 0 Å². The lowest BCUT2D eigenvalue weighted by Gasteiger charge is -2.12. The van der Waals surface area contributed by atoms with E-state index in [1.165, 1.54) is 27.5 Å². The summed E-state index contributed by atoms with van der Waals surface area (Å²) in [6.07, 6.45) is 1.73. The number of hydrogen-bond donors (Lipinski definition) is 1. The average Bonchev–Trinajstić information content (AvgIpc) is 2.67. The normalized spacial score (nSPS) is 10.5. The van der Waals surface area contributed by atoms with Gasteiger partial charge in [-0.1, -0.05) is 12.1 Å². The molecule has 0 aliphatic heterocycles. The van der Waals surface area contributed by atoms with Gasteiger partial charge in [-0.25, -0.2) is 5.43 Å². The summed E-state index contributed by atoms with van der Waals surface area (Å²) >= 11 is 0. The maximum Gasteiger partial charge on any atom is 0.244 e. The van der Waals surface area contributed by atoms with Gasteiger partial charge in [-0.2, -0.15) is 5.10 Å². The molecule has 2 rings (SSSR count). The minimum Gasteiger partial charge on any atom is -0.497 e. The van der Waals surface area contributed by atoms with Gasteiger partial charge in [0.25, 0.3) is 0 Å². The Bertz CT molecular complexity index is 747. The van der Waals surface area contributed by atoms with Gasteiger partial charge in [-0.05, 0) is 29.8 Å². The molecule has 7 heteroatoms. The number of carbonyl (C=O) groups is 1. The molecule has 0 saturated carbocycles. The molecule has 1 amide bonds. The van der Waals surface area contributed by atoms with Gasteiger partial charge in [0, 0.05) is 5.56 Å². The second-order valence-corrected chi connectivity index (χ2v) is 5.28. The van der Waals surface area contributed by atoms with E-state index < -0.39 is 0 Å². The zero-order valence-corrected chi connectivity index (χ0v) is 15.2. The number of benzene rings is 2. The minimum absolute atomic E-state index is 0.219. The number of amides is 1. The fraction of sp³-hybridized carbons (Fsp3) is 0.263. The number of methoxy groups -OCH3 is 4. The second-order valence-electron chi connectivity index (χ2n) is 5.28. The van der Waals surface area contributed by atoms with Crippen molar-refractivity contribution < 1.29 is 23.7 Å². The van der Waals surface area contributed by atoms with Gasteiger partial charge in [0.05, 0.1) is 41.1 Å². The summed E-state index contributed by atoms with van der Waals surface area (Å²) in [5, 5.41) is 3.98.